The number of rotatable bonds is 3. The van der Waals surface area contributed by atoms with Crippen LogP contribution < -0.4 is 0 Å². The third kappa shape index (κ3) is 1.41. The summed E-state index contributed by atoms with van der Waals surface area (Å²) in [4.78, 5) is 10.3. The molecule has 1 aliphatic heterocycles. The highest BCUT2D eigenvalue weighted by molar-refractivity contribution is 6.21. The van der Waals surface area contributed by atoms with Gasteiger partial charge in [-0.25, -0.2) is 4.79 Å². The number of hydrogen-bond acceptors (Lipinski definition) is 4. The fourth-order valence-electron chi connectivity index (χ4n) is 0.827. The monoisotopic (exact) mass is 180 g/mol. The maximum Gasteiger partial charge on any atom is 0.515 e. The molecule has 0 radical (unpaired) electrons. The largest absolute Gasteiger partial charge is 0.515 e. The molecule has 1 heterocycles. The molecule has 1 rings (SSSR count). The summed E-state index contributed by atoms with van der Waals surface area (Å²) >= 11 is 5.70. The second kappa shape index (κ2) is 2.87. The van der Waals surface area contributed by atoms with Gasteiger partial charge in [-0.1, -0.05) is 0 Å². The second-order valence-electron chi connectivity index (χ2n) is 2.31. The van der Waals surface area contributed by atoms with E-state index in [2.05, 4.69) is 0 Å². The van der Waals surface area contributed by atoms with Crippen LogP contribution >= 0.6 is 11.6 Å². The molecule has 5 heteroatoms. The third-order valence-electron chi connectivity index (χ3n) is 1.46. The van der Waals surface area contributed by atoms with Crippen molar-refractivity contribution in [3.05, 3.63) is 0 Å². The Labute approximate surface area is 69.4 Å². The molecule has 0 aromatic heterocycles. The first-order valence-electron chi connectivity index (χ1n) is 3.16. The molecule has 0 spiro atoms. The Morgan fingerprint density at radius 3 is 2.55 bits per heavy atom. The molecule has 1 unspecified atom stereocenters. The minimum atomic E-state index is -1.06. The fraction of sp³-hybridized carbons (Fsp3) is 0.833. The smallest absolute Gasteiger partial charge is 0.387 e. The number of ether oxygens (including phenoxy) is 3. The van der Waals surface area contributed by atoms with Crippen LogP contribution in [0.5, 0.6) is 0 Å². The van der Waals surface area contributed by atoms with E-state index in [9.17, 15) is 4.79 Å². The number of alkyl halides is 1. The summed E-state index contributed by atoms with van der Waals surface area (Å²) < 4.78 is 14.2. The molecule has 4 nitrogen and oxygen atoms in total. The molecule has 0 aromatic carbocycles. The highest BCUT2D eigenvalue weighted by Gasteiger charge is 2.52. The Balaban J connectivity index is 2.53. The van der Waals surface area contributed by atoms with Crippen molar-refractivity contribution >= 4 is 17.8 Å². The summed E-state index contributed by atoms with van der Waals surface area (Å²) in [5, 5.41) is -0.417. The van der Waals surface area contributed by atoms with E-state index in [1.807, 2.05) is 0 Å². The zero-order valence-electron chi connectivity index (χ0n) is 6.30. The van der Waals surface area contributed by atoms with E-state index in [0.717, 1.165) is 0 Å². The summed E-state index contributed by atoms with van der Waals surface area (Å²) in [5.41, 5.74) is 0. The Bertz CT molecular complexity index is 160. The van der Waals surface area contributed by atoms with Crippen LogP contribution in [0.2, 0.25) is 0 Å². The van der Waals surface area contributed by atoms with Crippen molar-refractivity contribution in [2.45, 2.75) is 18.1 Å². The molecule has 0 aliphatic carbocycles. The van der Waals surface area contributed by atoms with Gasteiger partial charge in [0.25, 0.3) is 0 Å². The number of cyclic esters (lactones) is 2. The van der Waals surface area contributed by atoms with Gasteiger partial charge >= 0.3 is 11.9 Å². The van der Waals surface area contributed by atoms with Crippen molar-refractivity contribution in [1.29, 1.82) is 0 Å². The van der Waals surface area contributed by atoms with Gasteiger partial charge in [-0.15, -0.1) is 11.6 Å². The molecule has 11 heavy (non-hydrogen) atoms. The molecule has 0 amide bonds. The van der Waals surface area contributed by atoms with Crippen molar-refractivity contribution in [2.75, 3.05) is 13.7 Å². The minimum absolute atomic E-state index is 0.156. The SMILES string of the molecule is COCC1(C(C)Cl)OC(=O)O1. The van der Waals surface area contributed by atoms with Crippen molar-refractivity contribution in [3.63, 3.8) is 0 Å². The normalized spacial score (nSPS) is 23.0. The van der Waals surface area contributed by atoms with E-state index in [-0.39, 0.29) is 6.61 Å². The van der Waals surface area contributed by atoms with Crippen LogP contribution in [0.1, 0.15) is 6.92 Å². The Morgan fingerprint density at radius 1 is 1.73 bits per heavy atom. The first-order valence-corrected chi connectivity index (χ1v) is 3.59. The highest BCUT2D eigenvalue weighted by atomic mass is 35.5. The van der Waals surface area contributed by atoms with Crippen molar-refractivity contribution in [1.82, 2.24) is 0 Å². The molecule has 0 saturated carbocycles. The van der Waals surface area contributed by atoms with E-state index in [1.54, 1.807) is 6.92 Å². The van der Waals surface area contributed by atoms with E-state index >= 15 is 0 Å². The predicted molar refractivity (Wildman–Crippen MR) is 37.5 cm³/mol. The first kappa shape index (κ1) is 8.62. The van der Waals surface area contributed by atoms with Gasteiger partial charge in [0.15, 0.2) is 0 Å². The third-order valence-corrected chi connectivity index (χ3v) is 1.80. The zero-order valence-corrected chi connectivity index (χ0v) is 7.05. The number of halogens is 1. The molecule has 0 aromatic rings. The summed E-state index contributed by atoms with van der Waals surface area (Å²) in [5.74, 6) is -1.06. The van der Waals surface area contributed by atoms with Crippen LogP contribution in [-0.4, -0.2) is 31.0 Å². The average molecular weight is 181 g/mol. The highest BCUT2D eigenvalue weighted by Crippen LogP contribution is 2.32. The first-order chi connectivity index (χ1) is 5.10. The Hall–Kier alpha value is -0.480. The van der Waals surface area contributed by atoms with Crippen molar-refractivity contribution < 1.29 is 19.0 Å². The quantitative estimate of drug-likeness (QED) is 0.482. The lowest BCUT2D eigenvalue weighted by molar-refractivity contribution is -0.287. The van der Waals surface area contributed by atoms with Crippen LogP contribution in [0.4, 0.5) is 4.79 Å². The van der Waals surface area contributed by atoms with Gasteiger partial charge in [-0.3, -0.25) is 0 Å². The summed E-state index contributed by atoms with van der Waals surface area (Å²) in [6, 6.07) is 0. The van der Waals surface area contributed by atoms with Crippen LogP contribution in [0.25, 0.3) is 0 Å². The Kier molecular flexibility index (Phi) is 2.25. The van der Waals surface area contributed by atoms with Gasteiger partial charge < -0.3 is 14.2 Å². The topological polar surface area (TPSA) is 44.8 Å². The number of methoxy groups -OCH3 is 1. The summed E-state index contributed by atoms with van der Waals surface area (Å²) in [6.07, 6.45) is -0.699. The standard InChI is InChI=1S/C6H9ClO4/c1-4(7)6(3-9-2)10-5(8)11-6/h4H,3H2,1-2H3. The van der Waals surface area contributed by atoms with Gasteiger partial charge in [0, 0.05) is 7.11 Å². The molecule has 64 valence electrons. The summed E-state index contributed by atoms with van der Waals surface area (Å²) in [7, 11) is 1.48. The van der Waals surface area contributed by atoms with Gasteiger partial charge in [-0.2, -0.15) is 0 Å². The molecular weight excluding hydrogens is 172 g/mol. The predicted octanol–water partition coefficient (Wildman–Crippen LogP) is 1.12. The number of carbonyl (C=O) groups excluding carboxylic acids is 1. The van der Waals surface area contributed by atoms with Gasteiger partial charge in [0.1, 0.15) is 12.0 Å². The van der Waals surface area contributed by atoms with E-state index in [4.69, 9.17) is 25.8 Å². The van der Waals surface area contributed by atoms with Crippen LogP contribution in [0.15, 0.2) is 0 Å². The maximum absolute atomic E-state index is 10.3. The number of carbonyl (C=O) groups is 1. The molecule has 0 N–H and O–H groups in total. The Morgan fingerprint density at radius 2 is 2.27 bits per heavy atom. The fourth-order valence-corrected chi connectivity index (χ4v) is 0.979. The van der Waals surface area contributed by atoms with Crippen LogP contribution in [-0.2, 0) is 14.2 Å². The van der Waals surface area contributed by atoms with Gasteiger partial charge in [0.05, 0.1) is 0 Å². The van der Waals surface area contributed by atoms with Gasteiger partial charge in [-0.05, 0) is 6.92 Å². The van der Waals surface area contributed by atoms with Crippen molar-refractivity contribution in [3.8, 4) is 0 Å². The zero-order chi connectivity index (χ0) is 8.48. The lowest BCUT2D eigenvalue weighted by atomic mass is 10.2. The average Bonchev–Trinajstić information content (AvgIpc) is 1.84. The molecule has 0 bridgehead atoms. The maximum atomic E-state index is 10.3. The molecule has 1 atom stereocenters. The molecule has 1 saturated heterocycles. The van der Waals surface area contributed by atoms with Gasteiger partial charge in [0.2, 0.25) is 0 Å². The lowest BCUT2D eigenvalue weighted by Gasteiger charge is -2.40. The molecule has 1 fully saturated rings. The summed E-state index contributed by atoms with van der Waals surface area (Å²) in [6.45, 7) is 1.83. The number of hydrogen-bond donors (Lipinski definition) is 0. The van der Waals surface area contributed by atoms with E-state index in [1.165, 1.54) is 7.11 Å². The second-order valence-corrected chi connectivity index (χ2v) is 2.97. The van der Waals surface area contributed by atoms with E-state index in [0.29, 0.717) is 0 Å². The minimum Gasteiger partial charge on any atom is -0.387 e. The van der Waals surface area contributed by atoms with E-state index < -0.39 is 17.3 Å². The van der Waals surface area contributed by atoms with Crippen LogP contribution in [0, 0.1) is 0 Å². The molecule has 1 aliphatic rings. The van der Waals surface area contributed by atoms with Crippen LogP contribution in [0.3, 0.4) is 0 Å². The lowest BCUT2D eigenvalue weighted by Crippen LogP contribution is -2.58. The van der Waals surface area contributed by atoms with Crippen molar-refractivity contribution in [2.24, 2.45) is 0 Å². The molecular formula is C6H9ClO4.